The molecule has 0 unspecified atom stereocenters. The van der Waals surface area contributed by atoms with Gasteiger partial charge in [0.2, 0.25) is 0 Å². The fourth-order valence-corrected chi connectivity index (χ4v) is 24.7. The van der Waals surface area contributed by atoms with Crippen LogP contribution in [0.25, 0.3) is 61.6 Å². The van der Waals surface area contributed by atoms with Gasteiger partial charge in [0, 0.05) is 86.7 Å². The number of hydrogen-bond acceptors (Lipinski definition) is 20. The largest absolute Gasteiger partial charge is 0.478 e. The number of rotatable bonds is 27. The Morgan fingerprint density at radius 1 is 0.435 bits per heavy atom. The summed E-state index contributed by atoms with van der Waals surface area (Å²) in [6, 6.07) is 48.2. The Labute approximate surface area is 764 Å². The highest BCUT2D eigenvalue weighted by atomic mass is 32.2. The van der Waals surface area contributed by atoms with Crippen molar-refractivity contribution in [3.05, 3.63) is 336 Å². The molecule has 6 heterocycles. The van der Waals surface area contributed by atoms with Crippen molar-refractivity contribution in [1.29, 1.82) is 0 Å². The maximum Gasteiger partial charge on any atom is 0.416 e. The summed E-state index contributed by atoms with van der Waals surface area (Å²) in [7, 11) is -15.6. The fraction of sp³-hybridized carbons (Fsp3) is 0.214. The summed E-state index contributed by atoms with van der Waals surface area (Å²) < 4.78 is 177. The highest BCUT2D eigenvalue weighted by Crippen LogP contribution is 2.49. The third-order valence-corrected chi connectivity index (χ3v) is 32.2. The zero-order valence-corrected chi connectivity index (χ0v) is 75.8. The molecule has 0 spiro atoms. The maximum atomic E-state index is 13.8. The molecule has 0 bridgehead atoms. The number of halogens is 4. The Morgan fingerprint density at radius 3 is 1.24 bits per heavy atom. The molecule has 131 heavy (non-hydrogen) atoms. The number of aryl methyl sites for hydroxylation is 2. The Hall–Kier alpha value is -12.6. The van der Waals surface area contributed by atoms with E-state index in [1.807, 2.05) is 122 Å². The van der Waals surface area contributed by atoms with Gasteiger partial charge in [-0.25, -0.2) is 66.0 Å². The molecule has 8 aromatic carbocycles. The minimum atomic E-state index is -4.64. The van der Waals surface area contributed by atoms with E-state index in [1.165, 1.54) is 83.7 Å². The van der Waals surface area contributed by atoms with Crippen LogP contribution in [0.2, 0.25) is 0 Å². The van der Waals surface area contributed by atoms with Crippen LogP contribution in [0.4, 0.5) is 17.6 Å². The van der Waals surface area contributed by atoms with E-state index in [4.69, 9.17) is 0 Å². The fourth-order valence-electron chi connectivity index (χ4n) is 16.2. The first kappa shape index (κ1) is 91.7. The van der Waals surface area contributed by atoms with Crippen molar-refractivity contribution in [3.8, 4) is 50.5 Å². The third-order valence-electron chi connectivity index (χ3n) is 23.4. The molecule has 33 heteroatoms. The number of carbonyl (C=O) groups is 4. The van der Waals surface area contributed by atoms with Gasteiger partial charge in [0.05, 0.1) is 88.3 Å². The molecule has 0 saturated heterocycles. The predicted octanol–water partition coefficient (Wildman–Crippen LogP) is 21.9. The summed E-state index contributed by atoms with van der Waals surface area (Å²) in [5, 5.41) is 39.2. The number of hydrogen-bond donors (Lipinski definition) is 4. The zero-order chi connectivity index (χ0) is 92.6. The molecule has 5 aromatic heterocycles. The van der Waals surface area contributed by atoms with Gasteiger partial charge in [-0.1, -0.05) is 72.8 Å². The molecule has 670 valence electrons. The lowest BCUT2D eigenvalue weighted by Crippen LogP contribution is -2.12. The van der Waals surface area contributed by atoms with E-state index >= 15 is 0 Å². The Balaban J connectivity index is 0.000000128. The van der Waals surface area contributed by atoms with Gasteiger partial charge in [0.1, 0.15) is 5.83 Å². The molecule has 0 atom stereocenters. The number of sulfone groups is 4. The summed E-state index contributed by atoms with van der Waals surface area (Å²) in [5.74, 6) is -5.99. The quantitative estimate of drug-likeness (QED) is 0.0347. The van der Waals surface area contributed by atoms with Gasteiger partial charge in [-0.05, 0) is 329 Å². The first-order valence-corrected chi connectivity index (χ1v) is 50.6. The van der Waals surface area contributed by atoms with Crippen LogP contribution in [0.5, 0.6) is 0 Å². The lowest BCUT2D eigenvalue weighted by molar-refractivity contribution is -0.137. The summed E-state index contributed by atoms with van der Waals surface area (Å²) in [6.45, 7) is 4.51. The van der Waals surface area contributed by atoms with Gasteiger partial charge in [-0.15, -0.1) is 0 Å². The highest BCUT2D eigenvalue weighted by molar-refractivity contribution is 7.91. The second kappa shape index (κ2) is 37.7. The van der Waals surface area contributed by atoms with Crippen LogP contribution in [0.3, 0.4) is 0 Å². The van der Waals surface area contributed by atoms with Crippen LogP contribution in [-0.2, 0) is 68.5 Å². The number of aliphatic imine (C=N–C) groups is 1. The first-order chi connectivity index (χ1) is 62.5. The predicted molar refractivity (Wildman–Crippen MR) is 494 cm³/mol. The molecule has 0 amide bonds. The summed E-state index contributed by atoms with van der Waals surface area (Å²) in [5.41, 5.74) is 13.0. The molecular formula is C98H82F4N6O16S7. The highest BCUT2D eigenvalue weighted by Gasteiger charge is 2.39. The van der Waals surface area contributed by atoms with Gasteiger partial charge in [-0.2, -0.15) is 17.5 Å². The van der Waals surface area contributed by atoms with Crippen LogP contribution >= 0.6 is 34.6 Å². The molecular weight excluding hydrogens is 1820 g/mol. The summed E-state index contributed by atoms with van der Waals surface area (Å²) in [6.07, 6.45) is 18.2. The van der Waals surface area contributed by atoms with Gasteiger partial charge in [-0.3, -0.25) is 9.98 Å². The van der Waals surface area contributed by atoms with Crippen LogP contribution in [-0.4, -0.2) is 113 Å². The van der Waals surface area contributed by atoms with Crippen molar-refractivity contribution in [3.63, 3.8) is 0 Å². The molecule has 0 radical (unpaired) electrons. The van der Waals surface area contributed by atoms with Crippen LogP contribution in [0.15, 0.2) is 267 Å². The number of benzene rings is 8. The van der Waals surface area contributed by atoms with Crippen molar-refractivity contribution in [2.24, 2.45) is 4.99 Å². The van der Waals surface area contributed by atoms with Gasteiger partial charge in [0.15, 0.2) is 39.3 Å². The van der Waals surface area contributed by atoms with Crippen LogP contribution < -0.4 is 0 Å². The molecule has 13 aromatic rings. The number of nitrogens with zero attached hydrogens (tertiary/aromatic N) is 6. The lowest BCUT2D eigenvalue weighted by Gasteiger charge is -2.16. The topological polar surface area (TPSA) is 355 Å². The van der Waals surface area contributed by atoms with E-state index in [9.17, 15) is 90.8 Å². The molecule has 4 fully saturated rings. The number of carboxylic acids is 4. The Morgan fingerprint density at radius 2 is 0.855 bits per heavy atom. The summed E-state index contributed by atoms with van der Waals surface area (Å²) in [4.78, 5) is 56.9. The molecule has 6 aliphatic rings. The van der Waals surface area contributed by atoms with E-state index in [2.05, 4.69) is 23.1 Å². The monoisotopic (exact) mass is 1900 g/mol. The average molecular weight is 1900 g/mol. The van der Waals surface area contributed by atoms with E-state index in [0.717, 1.165) is 147 Å². The second-order valence-corrected chi connectivity index (χ2v) is 43.3. The third kappa shape index (κ3) is 21.2. The number of carboxylic acid groups (broad SMARTS) is 4. The molecule has 1 aliphatic heterocycles. The van der Waals surface area contributed by atoms with Crippen molar-refractivity contribution < 1.29 is 90.8 Å². The van der Waals surface area contributed by atoms with E-state index in [1.54, 1.807) is 60.5 Å². The number of pyridine rings is 1. The van der Waals surface area contributed by atoms with E-state index in [0.29, 0.717) is 62.4 Å². The van der Waals surface area contributed by atoms with Crippen molar-refractivity contribution in [2.45, 2.75) is 144 Å². The minimum absolute atomic E-state index is 0.00661. The molecule has 4 N–H and O–H groups in total. The van der Waals surface area contributed by atoms with Crippen molar-refractivity contribution in [1.82, 2.24) is 22.7 Å². The van der Waals surface area contributed by atoms with Crippen molar-refractivity contribution in [2.75, 3.05) is 6.54 Å². The number of allylic oxidation sites excluding steroid dienone is 5. The molecule has 19 rings (SSSR count). The maximum absolute atomic E-state index is 13.8. The smallest absolute Gasteiger partial charge is 0.416 e. The minimum Gasteiger partial charge on any atom is -0.478 e. The van der Waals surface area contributed by atoms with Crippen LogP contribution in [0, 0.1) is 13.8 Å². The van der Waals surface area contributed by atoms with Gasteiger partial charge >= 0.3 is 30.1 Å². The number of aromatic carboxylic acids is 4. The Bertz CT molecular complexity index is 7320. The SMILES string of the molecule is Cc1sncc1-c1ccc(-c2ccccn2)c(CS(=O)(=O)c2cc(C(=O)O)ccc2C2CC2)c1.Cc1sncc1-c1ccc(C2=CC=C(F)C2)c(CS(=O)(=O)c2cc(C(=O)O)ccc2C2CC2)c1.O=C(O)c1ccc(C2CC2)c(S(=O)(=O)Cc2cc(C(F)(F)F)ccc2-c2ccsn2)c1.O=C(O)c1ccc(C2CC2)c(S(=O)(=O)Cc2cc(C3=CC=NC3)ccc2-n2cccc2)c1. The average Bonchev–Trinajstić information content (AvgIpc) is 1.73. The van der Waals surface area contributed by atoms with E-state index in [-0.39, 0.29) is 101 Å². The lowest BCUT2D eigenvalue weighted by atomic mass is 9.95. The standard InChI is InChI=1S/C26H22FNO4S2.C26H22N2O4S2.C25H22N2O4S.C21H16F3NO4S2/c1-15-24(13-28-33-15)17-5-8-22(18-4-7-21(27)11-18)20(10-17)14-34(31,32)25-12-19(26(29)30)6-9-23(25)16-2-3-16;1-16-23(14-28-33-16)18-7-9-21(24-4-2-3-11-27-24)20(12-18)15-34(31,32)25-13-19(26(29)30)8-10-22(25)17-5-6-17;28-25(29)19-5-7-22(17-3-4-17)24(14-19)32(30,31)16-21-13-18(20-9-10-26-15-20)6-8-23(21)27-11-1-2-12-27;22-21(23,24)15-4-6-16(18-7-8-30-25-18)14(9-15)11-31(28,29)19-10-13(20(26)27)3-5-17(19)12-1-2-12/h4-10,12-13,16H,2-3,11,14H2,1H3,(H,29,30);2-4,7-14,17H,5-6,15H2,1H3,(H,29,30);1-2,5-14,17H,3-4,15-16H2,(H,28,29);3-10,12H,1-2,11H2,(H,26,27). The van der Waals surface area contributed by atoms with Crippen LogP contribution in [0.1, 0.15) is 194 Å². The first-order valence-electron chi connectivity index (χ1n) is 41.6. The Kier molecular flexibility index (Phi) is 26.4. The van der Waals surface area contributed by atoms with E-state index < -0.39 is 80.7 Å². The molecule has 4 saturated carbocycles. The number of aromatic nitrogens is 5. The van der Waals surface area contributed by atoms with Crippen molar-refractivity contribution >= 4 is 115 Å². The van der Waals surface area contributed by atoms with Gasteiger partial charge in [0.25, 0.3) is 0 Å². The summed E-state index contributed by atoms with van der Waals surface area (Å²) >= 11 is 3.86. The molecule has 5 aliphatic carbocycles. The zero-order valence-electron chi connectivity index (χ0n) is 70.0. The normalized spacial score (nSPS) is 14.9. The van der Waals surface area contributed by atoms with Gasteiger partial charge < -0.3 is 25.0 Å². The second-order valence-electron chi connectivity index (χ2n) is 32.8. The molecule has 22 nitrogen and oxygen atoms in total. The number of alkyl halides is 3.